The quantitative estimate of drug-likeness (QED) is 0.385. The molecule has 9 heteroatoms. The average molecular weight is 436 g/mol. The zero-order chi connectivity index (χ0) is 21.2. The van der Waals surface area contributed by atoms with E-state index in [0.29, 0.717) is 11.3 Å². The number of ether oxygens (including phenoxy) is 1. The summed E-state index contributed by atoms with van der Waals surface area (Å²) in [5.74, 6) is -0.585. The smallest absolute Gasteiger partial charge is 0.367 e. The Morgan fingerprint density at radius 3 is 2.45 bits per heavy atom. The SMILES string of the molecule is CCOc1cc(/C=C2/C(=O)ON=C2C)cc(Cl)c1OS(=O)(=O)c1ccc(C)cc1. The van der Waals surface area contributed by atoms with Crippen molar-refractivity contribution in [1.29, 1.82) is 0 Å². The molecule has 0 amide bonds. The average Bonchev–Trinajstić information content (AvgIpc) is 2.97. The van der Waals surface area contributed by atoms with E-state index in [0.717, 1.165) is 5.56 Å². The first-order valence-corrected chi connectivity index (χ1v) is 10.5. The topological polar surface area (TPSA) is 91.3 Å². The molecule has 2 aromatic carbocycles. The van der Waals surface area contributed by atoms with Crippen LogP contribution in [0.3, 0.4) is 0 Å². The van der Waals surface area contributed by atoms with Crippen LogP contribution < -0.4 is 8.92 Å². The van der Waals surface area contributed by atoms with Crippen LogP contribution in [0, 0.1) is 6.92 Å². The van der Waals surface area contributed by atoms with Crippen molar-refractivity contribution in [3.8, 4) is 11.5 Å². The highest BCUT2D eigenvalue weighted by atomic mass is 35.5. The van der Waals surface area contributed by atoms with Gasteiger partial charge in [-0.25, -0.2) is 4.79 Å². The first-order valence-electron chi connectivity index (χ1n) is 8.66. The van der Waals surface area contributed by atoms with E-state index in [1.54, 1.807) is 26.0 Å². The summed E-state index contributed by atoms with van der Waals surface area (Å²) in [6, 6.07) is 9.23. The highest BCUT2D eigenvalue weighted by Crippen LogP contribution is 2.39. The maximum Gasteiger partial charge on any atom is 0.367 e. The van der Waals surface area contributed by atoms with Crippen molar-refractivity contribution in [2.24, 2.45) is 5.16 Å². The lowest BCUT2D eigenvalue weighted by molar-refractivity contribution is -0.136. The van der Waals surface area contributed by atoms with Crippen LogP contribution in [0.2, 0.25) is 5.02 Å². The second-order valence-corrected chi connectivity index (χ2v) is 8.18. The third-order valence-electron chi connectivity index (χ3n) is 4.02. The van der Waals surface area contributed by atoms with E-state index in [-0.39, 0.29) is 33.6 Å². The number of oxime groups is 1. The van der Waals surface area contributed by atoms with Crippen molar-refractivity contribution >= 4 is 39.5 Å². The molecule has 0 aromatic heterocycles. The number of carbonyl (C=O) groups is 1. The molecule has 29 heavy (non-hydrogen) atoms. The lowest BCUT2D eigenvalue weighted by Crippen LogP contribution is -2.11. The van der Waals surface area contributed by atoms with Crippen molar-refractivity contribution in [2.75, 3.05) is 6.61 Å². The minimum atomic E-state index is -4.12. The lowest BCUT2D eigenvalue weighted by Gasteiger charge is -2.14. The van der Waals surface area contributed by atoms with Crippen LogP contribution in [0.4, 0.5) is 0 Å². The van der Waals surface area contributed by atoms with Crippen LogP contribution >= 0.6 is 11.6 Å². The molecule has 0 saturated carbocycles. The van der Waals surface area contributed by atoms with E-state index in [4.69, 9.17) is 20.5 Å². The third-order valence-corrected chi connectivity index (χ3v) is 5.54. The zero-order valence-electron chi connectivity index (χ0n) is 15.9. The van der Waals surface area contributed by atoms with Crippen LogP contribution in [0.5, 0.6) is 11.5 Å². The maximum absolute atomic E-state index is 12.6. The molecule has 0 bridgehead atoms. The van der Waals surface area contributed by atoms with Gasteiger partial charge in [-0.3, -0.25) is 0 Å². The first kappa shape index (κ1) is 20.9. The Labute approximate surface area is 173 Å². The van der Waals surface area contributed by atoms with Crippen molar-refractivity contribution in [3.63, 3.8) is 0 Å². The monoisotopic (exact) mass is 435 g/mol. The summed E-state index contributed by atoms with van der Waals surface area (Å²) in [7, 11) is -4.12. The van der Waals surface area contributed by atoms with E-state index in [1.165, 1.54) is 30.3 Å². The standard InChI is InChI=1S/C20H18ClNO6S/c1-4-26-18-11-14(9-16-13(3)22-27-20(16)23)10-17(21)19(18)28-29(24,25)15-7-5-12(2)6-8-15/h5-11H,4H2,1-3H3/b16-9+. The fraction of sp³-hybridized carbons (Fsp3) is 0.200. The van der Waals surface area contributed by atoms with Gasteiger partial charge in [0.25, 0.3) is 0 Å². The first-order chi connectivity index (χ1) is 13.7. The number of nitrogens with zero attached hydrogens (tertiary/aromatic N) is 1. The van der Waals surface area contributed by atoms with E-state index in [2.05, 4.69) is 9.99 Å². The van der Waals surface area contributed by atoms with Gasteiger partial charge in [-0.1, -0.05) is 34.5 Å². The largest absolute Gasteiger partial charge is 0.490 e. The molecule has 152 valence electrons. The fourth-order valence-corrected chi connectivity index (χ4v) is 3.82. The molecule has 0 atom stereocenters. The van der Waals surface area contributed by atoms with E-state index in [1.807, 2.05) is 6.92 Å². The maximum atomic E-state index is 12.6. The van der Waals surface area contributed by atoms with Crippen molar-refractivity contribution in [2.45, 2.75) is 25.7 Å². The van der Waals surface area contributed by atoms with Gasteiger partial charge in [0.1, 0.15) is 4.90 Å². The summed E-state index contributed by atoms with van der Waals surface area (Å²) in [4.78, 5) is 16.4. The highest BCUT2D eigenvalue weighted by molar-refractivity contribution is 7.87. The Kier molecular flexibility index (Phi) is 5.95. The number of halogens is 1. The predicted molar refractivity (Wildman–Crippen MR) is 109 cm³/mol. The van der Waals surface area contributed by atoms with Crippen LogP contribution in [0.1, 0.15) is 25.0 Å². The summed E-state index contributed by atoms with van der Waals surface area (Å²) in [5, 5.41) is 3.63. The normalized spacial score (nSPS) is 15.2. The van der Waals surface area contributed by atoms with Gasteiger partial charge in [-0.15, -0.1) is 0 Å². The summed E-state index contributed by atoms with van der Waals surface area (Å²) in [6.45, 7) is 5.47. The van der Waals surface area contributed by atoms with Crippen LogP contribution in [-0.4, -0.2) is 26.7 Å². The van der Waals surface area contributed by atoms with Crippen molar-refractivity contribution in [3.05, 3.63) is 58.1 Å². The number of hydrogen-bond acceptors (Lipinski definition) is 7. The Bertz CT molecular complexity index is 1120. The molecular formula is C20H18ClNO6S. The molecule has 2 aromatic rings. The van der Waals surface area contributed by atoms with Gasteiger partial charge in [0.2, 0.25) is 5.75 Å². The van der Waals surface area contributed by atoms with Gasteiger partial charge in [0.15, 0.2) is 5.75 Å². The summed E-state index contributed by atoms with van der Waals surface area (Å²) in [6.07, 6.45) is 1.53. The summed E-state index contributed by atoms with van der Waals surface area (Å²) >= 11 is 6.30. The van der Waals surface area contributed by atoms with Crippen molar-refractivity contribution < 1.29 is 27.0 Å². The Hall–Kier alpha value is -2.84. The molecule has 7 nitrogen and oxygen atoms in total. The number of rotatable bonds is 6. The molecular weight excluding hydrogens is 418 g/mol. The van der Waals surface area contributed by atoms with Gasteiger partial charge in [-0.05, 0) is 56.7 Å². The molecule has 0 N–H and O–H groups in total. The molecule has 0 saturated heterocycles. The van der Waals surface area contributed by atoms with Gasteiger partial charge >= 0.3 is 16.1 Å². The van der Waals surface area contributed by atoms with E-state index >= 15 is 0 Å². The van der Waals surface area contributed by atoms with Crippen LogP contribution in [0.15, 0.2) is 52.0 Å². The Balaban J connectivity index is 2.01. The number of benzene rings is 2. The summed E-state index contributed by atoms with van der Waals surface area (Å²) < 4.78 is 36.1. The van der Waals surface area contributed by atoms with Crippen LogP contribution in [0.25, 0.3) is 6.08 Å². The number of carbonyl (C=O) groups excluding carboxylic acids is 1. The number of hydrogen-bond donors (Lipinski definition) is 0. The Morgan fingerprint density at radius 1 is 1.17 bits per heavy atom. The molecule has 0 fully saturated rings. The fourth-order valence-electron chi connectivity index (χ4n) is 2.56. The predicted octanol–water partition coefficient (Wildman–Crippen LogP) is 4.13. The molecule has 0 aliphatic carbocycles. The second kappa shape index (κ2) is 8.26. The molecule has 3 rings (SSSR count). The molecule has 1 heterocycles. The minimum absolute atomic E-state index is 0.00616. The minimum Gasteiger partial charge on any atom is -0.490 e. The van der Waals surface area contributed by atoms with E-state index < -0.39 is 16.1 Å². The van der Waals surface area contributed by atoms with Gasteiger partial charge < -0.3 is 13.8 Å². The third kappa shape index (κ3) is 4.60. The molecule has 1 aliphatic heterocycles. The van der Waals surface area contributed by atoms with Gasteiger partial charge in [0, 0.05) is 0 Å². The van der Waals surface area contributed by atoms with Crippen molar-refractivity contribution in [1.82, 2.24) is 0 Å². The van der Waals surface area contributed by atoms with Crippen LogP contribution in [-0.2, 0) is 19.8 Å². The Morgan fingerprint density at radius 2 is 1.86 bits per heavy atom. The van der Waals surface area contributed by atoms with E-state index in [9.17, 15) is 13.2 Å². The molecule has 1 aliphatic rings. The number of aryl methyl sites for hydroxylation is 1. The van der Waals surface area contributed by atoms with Gasteiger partial charge in [0.05, 0.1) is 22.9 Å². The molecule has 0 radical (unpaired) electrons. The summed E-state index contributed by atoms with van der Waals surface area (Å²) in [5.41, 5.74) is 2.11. The highest BCUT2D eigenvalue weighted by Gasteiger charge is 2.24. The molecule has 0 spiro atoms. The second-order valence-electron chi connectivity index (χ2n) is 6.23. The zero-order valence-corrected chi connectivity index (χ0v) is 17.5. The molecule has 0 unspecified atom stereocenters. The lowest BCUT2D eigenvalue weighted by atomic mass is 10.1. The van der Waals surface area contributed by atoms with Gasteiger partial charge in [-0.2, -0.15) is 8.42 Å².